The van der Waals surface area contributed by atoms with Crippen molar-refractivity contribution < 1.29 is 4.79 Å². The van der Waals surface area contributed by atoms with Gasteiger partial charge in [0.25, 0.3) is 5.91 Å². The van der Waals surface area contributed by atoms with E-state index in [1.54, 1.807) is 6.20 Å². The Labute approximate surface area is 176 Å². The van der Waals surface area contributed by atoms with Gasteiger partial charge in [-0.1, -0.05) is 6.07 Å². The SMILES string of the molecule is CN1CCN(C(=O)c2ccc3nnc(C4CCN(Cc5cccnc5)C4)n3c2)CC1. The standard InChI is InChI=1S/C22H27N7O/c1-26-9-11-28(12-10-26)22(30)19-4-5-20-24-25-21(29(20)16-19)18-6-8-27(15-18)14-17-3-2-7-23-13-17/h2-5,7,13,16,18H,6,8-12,14-15H2,1H3. The molecule has 2 aliphatic rings. The van der Waals surface area contributed by atoms with E-state index >= 15 is 0 Å². The van der Waals surface area contributed by atoms with Gasteiger partial charge in [0.15, 0.2) is 5.65 Å². The maximum absolute atomic E-state index is 13.0. The average Bonchev–Trinajstić information content (AvgIpc) is 3.40. The van der Waals surface area contributed by atoms with Crippen molar-refractivity contribution >= 4 is 11.6 Å². The van der Waals surface area contributed by atoms with Crippen LogP contribution in [0.1, 0.15) is 34.1 Å². The number of likely N-dealkylation sites (tertiary alicyclic amines) is 1. The van der Waals surface area contributed by atoms with Crippen LogP contribution in [0.5, 0.6) is 0 Å². The molecular formula is C22H27N7O. The summed E-state index contributed by atoms with van der Waals surface area (Å²) in [6, 6.07) is 7.87. The molecule has 1 amide bonds. The molecule has 1 unspecified atom stereocenters. The molecule has 30 heavy (non-hydrogen) atoms. The van der Waals surface area contributed by atoms with Crippen molar-refractivity contribution in [3.8, 4) is 0 Å². The summed E-state index contributed by atoms with van der Waals surface area (Å²) in [5.74, 6) is 1.35. The van der Waals surface area contributed by atoms with Gasteiger partial charge >= 0.3 is 0 Å². The summed E-state index contributed by atoms with van der Waals surface area (Å²) in [5.41, 5.74) is 2.73. The quantitative estimate of drug-likeness (QED) is 0.655. The maximum atomic E-state index is 13.0. The molecule has 5 heterocycles. The largest absolute Gasteiger partial charge is 0.336 e. The van der Waals surface area contributed by atoms with Gasteiger partial charge < -0.3 is 9.80 Å². The molecule has 0 aromatic carbocycles. The normalized spacial score (nSPS) is 20.8. The lowest BCUT2D eigenvalue weighted by Gasteiger charge is -2.32. The van der Waals surface area contributed by atoms with E-state index in [1.165, 1.54) is 5.56 Å². The lowest BCUT2D eigenvalue weighted by atomic mass is 10.1. The molecule has 0 saturated carbocycles. The third-order valence-corrected chi connectivity index (χ3v) is 6.23. The Bertz CT molecular complexity index is 1030. The first-order chi connectivity index (χ1) is 14.7. The van der Waals surface area contributed by atoms with Gasteiger partial charge in [0.1, 0.15) is 5.82 Å². The van der Waals surface area contributed by atoms with Crippen LogP contribution in [0, 0.1) is 0 Å². The van der Waals surface area contributed by atoms with Crippen LogP contribution in [0.25, 0.3) is 5.65 Å². The number of pyridine rings is 2. The van der Waals surface area contributed by atoms with Crippen molar-refractivity contribution in [1.82, 2.24) is 34.3 Å². The van der Waals surface area contributed by atoms with Crippen molar-refractivity contribution in [2.45, 2.75) is 18.9 Å². The molecule has 3 aromatic heterocycles. The number of piperazine rings is 1. The number of carbonyl (C=O) groups excluding carboxylic acids is 1. The molecule has 0 bridgehead atoms. The zero-order valence-corrected chi connectivity index (χ0v) is 17.3. The molecule has 0 radical (unpaired) electrons. The fourth-order valence-corrected chi connectivity index (χ4v) is 4.44. The first kappa shape index (κ1) is 19.1. The first-order valence-electron chi connectivity index (χ1n) is 10.6. The number of aromatic nitrogens is 4. The minimum absolute atomic E-state index is 0.0919. The number of hydrogen-bond acceptors (Lipinski definition) is 6. The zero-order chi connectivity index (χ0) is 20.5. The van der Waals surface area contributed by atoms with Crippen LogP contribution in [0.3, 0.4) is 0 Å². The minimum atomic E-state index is 0.0919. The Hall–Kier alpha value is -2.84. The van der Waals surface area contributed by atoms with Crippen LogP contribution >= 0.6 is 0 Å². The van der Waals surface area contributed by atoms with Crippen molar-refractivity contribution in [1.29, 1.82) is 0 Å². The summed E-state index contributed by atoms with van der Waals surface area (Å²) < 4.78 is 2.02. The van der Waals surface area contributed by atoms with Gasteiger partial charge in [-0.3, -0.25) is 19.1 Å². The Balaban J connectivity index is 1.33. The molecule has 2 aliphatic heterocycles. The molecule has 0 spiro atoms. The summed E-state index contributed by atoms with van der Waals surface area (Å²) in [6.45, 7) is 6.24. The van der Waals surface area contributed by atoms with Crippen LogP contribution in [0.4, 0.5) is 0 Å². The monoisotopic (exact) mass is 405 g/mol. The molecule has 1 atom stereocenters. The van der Waals surface area contributed by atoms with E-state index in [0.717, 1.165) is 63.7 Å². The number of carbonyl (C=O) groups is 1. The smallest absolute Gasteiger partial charge is 0.255 e. The van der Waals surface area contributed by atoms with E-state index in [1.807, 2.05) is 39.9 Å². The lowest BCUT2D eigenvalue weighted by molar-refractivity contribution is 0.0663. The Morgan fingerprint density at radius 3 is 2.77 bits per heavy atom. The molecule has 3 aromatic rings. The summed E-state index contributed by atoms with van der Waals surface area (Å²) in [7, 11) is 2.09. The van der Waals surface area contributed by atoms with Crippen molar-refractivity contribution in [2.75, 3.05) is 46.3 Å². The van der Waals surface area contributed by atoms with Gasteiger partial charge in [0, 0.05) is 63.8 Å². The van der Waals surface area contributed by atoms with Crippen molar-refractivity contribution in [2.24, 2.45) is 0 Å². The van der Waals surface area contributed by atoms with E-state index < -0.39 is 0 Å². The lowest BCUT2D eigenvalue weighted by Crippen LogP contribution is -2.47. The third-order valence-electron chi connectivity index (χ3n) is 6.23. The second-order valence-electron chi connectivity index (χ2n) is 8.38. The summed E-state index contributed by atoms with van der Waals surface area (Å²) >= 11 is 0. The van der Waals surface area contributed by atoms with Gasteiger partial charge in [-0.15, -0.1) is 10.2 Å². The summed E-state index contributed by atoms with van der Waals surface area (Å²) in [4.78, 5) is 23.8. The molecule has 2 fully saturated rings. The van der Waals surface area contributed by atoms with E-state index in [2.05, 4.69) is 38.1 Å². The predicted molar refractivity (Wildman–Crippen MR) is 113 cm³/mol. The minimum Gasteiger partial charge on any atom is -0.336 e. The predicted octanol–water partition coefficient (Wildman–Crippen LogP) is 1.50. The molecule has 0 N–H and O–H groups in total. The average molecular weight is 406 g/mol. The van der Waals surface area contributed by atoms with E-state index in [-0.39, 0.29) is 5.91 Å². The number of nitrogens with zero attached hydrogens (tertiary/aromatic N) is 7. The topological polar surface area (TPSA) is 69.9 Å². The highest BCUT2D eigenvalue weighted by atomic mass is 16.2. The van der Waals surface area contributed by atoms with Crippen LogP contribution in [-0.4, -0.2) is 86.5 Å². The first-order valence-corrected chi connectivity index (χ1v) is 10.6. The number of rotatable bonds is 4. The van der Waals surface area contributed by atoms with Crippen molar-refractivity contribution in [3.05, 3.63) is 59.8 Å². The van der Waals surface area contributed by atoms with Crippen LogP contribution in [0.15, 0.2) is 42.9 Å². The Morgan fingerprint density at radius 2 is 1.97 bits per heavy atom. The van der Waals surface area contributed by atoms with Crippen LogP contribution in [0.2, 0.25) is 0 Å². The Morgan fingerprint density at radius 1 is 1.10 bits per heavy atom. The fraction of sp³-hybridized carbons (Fsp3) is 0.455. The van der Waals surface area contributed by atoms with Crippen LogP contribution in [-0.2, 0) is 6.54 Å². The van der Waals surface area contributed by atoms with E-state index in [9.17, 15) is 4.79 Å². The molecular weight excluding hydrogens is 378 g/mol. The molecule has 2 saturated heterocycles. The van der Waals surface area contributed by atoms with Crippen LogP contribution < -0.4 is 0 Å². The summed E-state index contributed by atoms with van der Waals surface area (Å²) in [5, 5.41) is 8.83. The maximum Gasteiger partial charge on any atom is 0.255 e. The highest BCUT2D eigenvalue weighted by molar-refractivity contribution is 5.94. The van der Waals surface area contributed by atoms with Gasteiger partial charge in [-0.2, -0.15) is 0 Å². The highest BCUT2D eigenvalue weighted by Gasteiger charge is 2.28. The van der Waals surface area contributed by atoms with E-state index in [0.29, 0.717) is 11.5 Å². The van der Waals surface area contributed by atoms with Gasteiger partial charge in [-0.05, 0) is 43.8 Å². The van der Waals surface area contributed by atoms with E-state index in [4.69, 9.17) is 0 Å². The number of fused-ring (bicyclic) bond motifs is 1. The highest BCUT2D eigenvalue weighted by Crippen LogP contribution is 2.27. The fourth-order valence-electron chi connectivity index (χ4n) is 4.44. The molecule has 0 aliphatic carbocycles. The second-order valence-corrected chi connectivity index (χ2v) is 8.38. The molecule has 156 valence electrons. The molecule has 8 nitrogen and oxygen atoms in total. The van der Waals surface area contributed by atoms with Gasteiger partial charge in [0.05, 0.1) is 5.56 Å². The third kappa shape index (κ3) is 3.80. The van der Waals surface area contributed by atoms with Gasteiger partial charge in [0.2, 0.25) is 0 Å². The molecule has 5 rings (SSSR count). The summed E-state index contributed by atoms with van der Waals surface area (Å²) in [6.07, 6.45) is 6.70. The van der Waals surface area contributed by atoms with Crippen molar-refractivity contribution in [3.63, 3.8) is 0 Å². The zero-order valence-electron chi connectivity index (χ0n) is 17.3. The Kier molecular flexibility index (Phi) is 5.18. The second kappa shape index (κ2) is 8.12. The number of hydrogen-bond donors (Lipinski definition) is 0. The number of likely N-dealkylation sites (N-methyl/N-ethyl adjacent to an activating group) is 1. The van der Waals surface area contributed by atoms with Gasteiger partial charge in [-0.25, -0.2) is 0 Å². The molecule has 8 heteroatoms. The number of amides is 1.